The zero-order chi connectivity index (χ0) is 12.8. The molecule has 1 unspecified atom stereocenters. The molecule has 0 aliphatic carbocycles. The molecule has 0 spiro atoms. The van der Waals surface area contributed by atoms with Gasteiger partial charge in [0.15, 0.2) is 0 Å². The minimum absolute atomic E-state index is 0.0829. The molecule has 1 heterocycles. The van der Waals surface area contributed by atoms with Gasteiger partial charge < -0.3 is 14.2 Å². The van der Waals surface area contributed by atoms with Crippen LogP contribution in [-0.2, 0) is 14.2 Å². The molecule has 1 saturated heterocycles. The fourth-order valence-electron chi connectivity index (χ4n) is 2.02. The Morgan fingerprint density at radius 3 is 2.53 bits per heavy atom. The highest BCUT2D eigenvalue weighted by Gasteiger charge is 2.33. The number of hydrogen-bond donors (Lipinski definition) is 0. The molecule has 17 heavy (non-hydrogen) atoms. The summed E-state index contributed by atoms with van der Waals surface area (Å²) in [6.07, 6.45) is 1.96. The monoisotopic (exact) mass is 240 g/mol. The van der Waals surface area contributed by atoms with Crippen molar-refractivity contribution < 1.29 is 14.2 Å². The maximum atomic E-state index is 5.80. The Bertz CT molecular complexity index is 209. The van der Waals surface area contributed by atoms with Crippen LogP contribution in [-0.4, -0.2) is 39.5 Å². The molecule has 0 aromatic heterocycles. The van der Waals surface area contributed by atoms with Crippen molar-refractivity contribution in [3.05, 3.63) is 0 Å². The van der Waals surface area contributed by atoms with Crippen LogP contribution >= 0.6 is 0 Å². The smallest absolute Gasteiger partial charge is 0.147 e. The summed E-state index contributed by atoms with van der Waals surface area (Å²) in [5.41, 5.74) is 0. The van der Waals surface area contributed by atoms with Crippen molar-refractivity contribution in [1.82, 2.24) is 0 Å². The van der Waals surface area contributed by atoms with E-state index in [2.05, 4.69) is 27.7 Å². The van der Waals surface area contributed by atoms with Crippen LogP contribution in [0, 0.1) is 11.8 Å². The SMILES string of the molecule is [B][C@H]1CC(OCOCC(C)C)[C@@H](CC(C)C)O1. The van der Waals surface area contributed by atoms with Crippen molar-refractivity contribution in [3.63, 3.8) is 0 Å². The molecule has 1 aliphatic heterocycles. The van der Waals surface area contributed by atoms with Crippen LogP contribution in [0.4, 0.5) is 0 Å². The summed E-state index contributed by atoms with van der Waals surface area (Å²) in [5, 5.41) is 0. The molecular weight excluding hydrogens is 215 g/mol. The van der Waals surface area contributed by atoms with Gasteiger partial charge in [-0.05, 0) is 24.7 Å². The van der Waals surface area contributed by atoms with Crippen molar-refractivity contribution in [2.45, 2.75) is 58.7 Å². The van der Waals surface area contributed by atoms with Gasteiger partial charge in [0.1, 0.15) is 14.6 Å². The second-order valence-electron chi connectivity index (χ2n) is 5.67. The molecule has 0 bridgehead atoms. The fraction of sp³-hybridized carbons (Fsp3) is 1.00. The van der Waals surface area contributed by atoms with Crippen molar-refractivity contribution in [1.29, 1.82) is 0 Å². The van der Waals surface area contributed by atoms with Gasteiger partial charge in [0.05, 0.1) is 18.8 Å². The number of rotatable bonds is 7. The van der Waals surface area contributed by atoms with Crippen LogP contribution in [0.25, 0.3) is 0 Å². The normalized spacial score (nSPS) is 29.4. The quantitative estimate of drug-likeness (QED) is 0.388. The molecule has 4 heteroatoms. The van der Waals surface area contributed by atoms with Crippen molar-refractivity contribution in [3.8, 4) is 0 Å². The average molecular weight is 240 g/mol. The minimum atomic E-state index is -0.186. The molecule has 0 amide bonds. The molecule has 98 valence electrons. The van der Waals surface area contributed by atoms with Gasteiger partial charge in [-0.3, -0.25) is 0 Å². The van der Waals surface area contributed by atoms with Crippen molar-refractivity contribution in [2.24, 2.45) is 11.8 Å². The summed E-state index contributed by atoms with van der Waals surface area (Å²) in [5.74, 6) is 1.13. The van der Waals surface area contributed by atoms with Gasteiger partial charge in [0.2, 0.25) is 0 Å². The van der Waals surface area contributed by atoms with E-state index in [-0.39, 0.29) is 18.2 Å². The van der Waals surface area contributed by atoms with E-state index in [9.17, 15) is 0 Å². The minimum Gasteiger partial charge on any atom is -0.382 e. The third-order valence-electron chi connectivity index (χ3n) is 2.75. The second kappa shape index (κ2) is 7.40. The largest absolute Gasteiger partial charge is 0.382 e. The van der Waals surface area contributed by atoms with Gasteiger partial charge >= 0.3 is 0 Å². The van der Waals surface area contributed by atoms with Gasteiger partial charge in [0, 0.05) is 6.00 Å². The Balaban J connectivity index is 2.24. The molecule has 0 aromatic rings. The molecular formula is C13H25BO3. The highest BCUT2D eigenvalue weighted by molar-refractivity contribution is 6.11. The summed E-state index contributed by atoms with van der Waals surface area (Å²) in [6.45, 7) is 9.67. The Hall–Kier alpha value is -0.0551. The first-order valence-electron chi connectivity index (χ1n) is 6.59. The molecule has 3 atom stereocenters. The van der Waals surface area contributed by atoms with Crippen LogP contribution in [0.1, 0.15) is 40.5 Å². The van der Waals surface area contributed by atoms with Crippen LogP contribution in [0.3, 0.4) is 0 Å². The Kier molecular flexibility index (Phi) is 6.53. The van der Waals surface area contributed by atoms with Gasteiger partial charge in [-0.1, -0.05) is 27.7 Å². The first-order chi connectivity index (χ1) is 7.99. The number of hydrogen-bond acceptors (Lipinski definition) is 3. The summed E-state index contributed by atoms with van der Waals surface area (Å²) in [4.78, 5) is 0. The van der Waals surface area contributed by atoms with Gasteiger partial charge in [-0.25, -0.2) is 0 Å². The zero-order valence-corrected chi connectivity index (χ0v) is 11.5. The van der Waals surface area contributed by atoms with Crippen molar-refractivity contribution >= 4 is 7.85 Å². The van der Waals surface area contributed by atoms with Gasteiger partial charge in [-0.15, -0.1) is 0 Å². The van der Waals surface area contributed by atoms with Gasteiger partial charge in [0.25, 0.3) is 0 Å². The molecule has 0 saturated carbocycles. The lowest BCUT2D eigenvalue weighted by atomic mass is 9.94. The fourth-order valence-corrected chi connectivity index (χ4v) is 2.02. The second-order valence-corrected chi connectivity index (χ2v) is 5.67. The predicted molar refractivity (Wildman–Crippen MR) is 69.0 cm³/mol. The first kappa shape index (κ1) is 15.0. The highest BCUT2D eigenvalue weighted by Crippen LogP contribution is 2.26. The first-order valence-corrected chi connectivity index (χ1v) is 6.59. The molecule has 1 fully saturated rings. The lowest BCUT2D eigenvalue weighted by molar-refractivity contribution is -0.114. The molecule has 1 aliphatic rings. The summed E-state index contributed by atoms with van der Waals surface area (Å²) < 4.78 is 16.8. The lowest BCUT2D eigenvalue weighted by Crippen LogP contribution is -2.27. The third kappa shape index (κ3) is 5.89. The topological polar surface area (TPSA) is 27.7 Å². The van der Waals surface area contributed by atoms with E-state index in [1.807, 2.05) is 0 Å². The number of ether oxygens (including phenoxy) is 3. The maximum Gasteiger partial charge on any atom is 0.147 e. The van der Waals surface area contributed by atoms with E-state index >= 15 is 0 Å². The van der Waals surface area contributed by atoms with E-state index < -0.39 is 0 Å². The molecule has 0 N–H and O–H groups in total. The Labute approximate surface area is 107 Å². The molecule has 3 nitrogen and oxygen atoms in total. The van der Waals surface area contributed by atoms with E-state index in [1.54, 1.807) is 0 Å². The summed E-state index contributed by atoms with van der Waals surface area (Å²) in [7, 11) is 5.80. The van der Waals surface area contributed by atoms with Gasteiger partial charge in [-0.2, -0.15) is 0 Å². The Morgan fingerprint density at radius 1 is 1.24 bits per heavy atom. The maximum absolute atomic E-state index is 5.80. The van der Waals surface area contributed by atoms with Crippen LogP contribution < -0.4 is 0 Å². The molecule has 0 aromatic carbocycles. The van der Waals surface area contributed by atoms with Crippen LogP contribution in [0.15, 0.2) is 0 Å². The van der Waals surface area contributed by atoms with Crippen molar-refractivity contribution in [2.75, 3.05) is 13.4 Å². The van der Waals surface area contributed by atoms with E-state index in [0.717, 1.165) is 19.4 Å². The highest BCUT2D eigenvalue weighted by atomic mass is 16.7. The zero-order valence-electron chi connectivity index (χ0n) is 11.5. The predicted octanol–water partition coefficient (Wildman–Crippen LogP) is 2.33. The van der Waals surface area contributed by atoms with E-state index in [1.165, 1.54) is 0 Å². The lowest BCUT2D eigenvalue weighted by Gasteiger charge is -2.21. The average Bonchev–Trinajstić information content (AvgIpc) is 2.52. The van der Waals surface area contributed by atoms with Crippen LogP contribution in [0.2, 0.25) is 0 Å². The van der Waals surface area contributed by atoms with E-state index in [4.69, 9.17) is 22.1 Å². The molecule has 1 rings (SSSR count). The molecule has 2 radical (unpaired) electrons. The van der Waals surface area contributed by atoms with E-state index in [0.29, 0.717) is 18.6 Å². The standard InChI is InChI=1S/C13H25BO3/c1-9(2)5-12-11(6-13(14)17-12)16-8-15-7-10(3)4/h9-13H,5-8H2,1-4H3/t11?,12-,13-/m1/s1. The summed E-state index contributed by atoms with van der Waals surface area (Å²) >= 11 is 0. The Morgan fingerprint density at radius 2 is 1.94 bits per heavy atom. The third-order valence-corrected chi connectivity index (χ3v) is 2.75. The van der Waals surface area contributed by atoms with Crippen LogP contribution in [0.5, 0.6) is 0 Å². The summed E-state index contributed by atoms with van der Waals surface area (Å²) in [6, 6.07) is -0.186.